The van der Waals surface area contributed by atoms with Crippen molar-refractivity contribution in [2.24, 2.45) is 0 Å². The van der Waals surface area contributed by atoms with Crippen LogP contribution >= 0.6 is 11.3 Å². The molecule has 0 bridgehead atoms. The molecular formula is C23H26N4O6S. The average Bonchev–Trinajstić information content (AvgIpc) is 3.18. The van der Waals surface area contributed by atoms with E-state index in [9.17, 15) is 9.59 Å². The highest BCUT2D eigenvalue weighted by Gasteiger charge is 2.25. The number of aryl methyl sites for hydroxylation is 1. The Kier molecular flexibility index (Phi) is 7.13. The number of rotatable bonds is 8. The third kappa shape index (κ3) is 4.75. The van der Waals surface area contributed by atoms with Gasteiger partial charge in [0.25, 0.3) is 5.91 Å². The SMILES string of the molecule is CCN(CC(=O)Nc1ccc2c(c1)OCCO2)C(=O)c1sc2nc(COC)nc(OC)c2c1C. The number of amides is 2. The monoisotopic (exact) mass is 486 g/mol. The number of carbonyl (C=O) groups is 2. The topological polar surface area (TPSA) is 112 Å². The minimum Gasteiger partial charge on any atom is -0.486 e. The van der Waals surface area contributed by atoms with Gasteiger partial charge in [0.1, 0.15) is 31.2 Å². The molecule has 11 heteroatoms. The Hall–Kier alpha value is -3.44. The Morgan fingerprint density at radius 2 is 1.94 bits per heavy atom. The summed E-state index contributed by atoms with van der Waals surface area (Å²) >= 11 is 1.25. The Morgan fingerprint density at radius 1 is 1.18 bits per heavy atom. The number of carbonyl (C=O) groups excluding carboxylic acids is 2. The van der Waals surface area contributed by atoms with Crippen molar-refractivity contribution in [1.82, 2.24) is 14.9 Å². The highest BCUT2D eigenvalue weighted by Crippen LogP contribution is 2.36. The van der Waals surface area contributed by atoms with E-state index in [2.05, 4.69) is 15.3 Å². The third-order valence-electron chi connectivity index (χ3n) is 5.29. The lowest BCUT2D eigenvalue weighted by atomic mass is 10.2. The maximum Gasteiger partial charge on any atom is 0.264 e. The van der Waals surface area contributed by atoms with Gasteiger partial charge in [-0.1, -0.05) is 0 Å². The van der Waals surface area contributed by atoms with Crippen LogP contribution in [0.2, 0.25) is 0 Å². The molecule has 0 saturated carbocycles. The summed E-state index contributed by atoms with van der Waals surface area (Å²) in [7, 11) is 3.08. The summed E-state index contributed by atoms with van der Waals surface area (Å²) in [6.45, 7) is 5.10. The van der Waals surface area contributed by atoms with Crippen LogP contribution in [0.1, 0.15) is 28.0 Å². The Labute approximate surface area is 200 Å². The Balaban J connectivity index is 1.53. The third-order valence-corrected chi connectivity index (χ3v) is 6.47. The molecule has 0 unspecified atom stereocenters. The van der Waals surface area contributed by atoms with E-state index in [1.807, 2.05) is 13.8 Å². The molecule has 0 aliphatic carbocycles. The summed E-state index contributed by atoms with van der Waals surface area (Å²) in [5.74, 6) is 1.52. The number of fused-ring (bicyclic) bond motifs is 2. The van der Waals surface area contributed by atoms with Crippen LogP contribution in [0, 0.1) is 6.92 Å². The first kappa shape index (κ1) is 23.7. The van der Waals surface area contributed by atoms with Crippen LogP contribution in [-0.4, -0.2) is 67.2 Å². The van der Waals surface area contributed by atoms with Gasteiger partial charge in [-0.25, -0.2) is 4.98 Å². The average molecular weight is 487 g/mol. The molecule has 1 N–H and O–H groups in total. The van der Waals surface area contributed by atoms with Crippen molar-refractivity contribution in [1.29, 1.82) is 0 Å². The van der Waals surface area contributed by atoms with E-state index >= 15 is 0 Å². The van der Waals surface area contributed by atoms with E-state index in [0.29, 0.717) is 63.7 Å². The van der Waals surface area contributed by atoms with Crippen LogP contribution in [0.4, 0.5) is 5.69 Å². The number of anilines is 1. The number of nitrogens with zero attached hydrogens (tertiary/aromatic N) is 3. The number of aromatic nitrogens is 2. The molecule has 3 aromatic rings. The summed E-state index contributed by atoms with van der Waals surface area (Å²) < 4.78 is 21.6. The van der Waals surface area contributed by atoms with E-state index in [1.165, 1.54) is 23.3 Å². The fraction of sp³-hybridized carbons (Fsp3) is 0.391. The van der Waals surface area contributed by atoms with Gasteiger partial charge in [-0.05, 0) is 31.5 Å². The molecule has 0 atom stereocenters. The highest BCUT2D eigenvalue weighted by atomic mass is 32.1. The summed E-state index contributed by atoms with van der Waals surface area (Å²) in [5.41, 5.74) is 1.29. The van der Waals surface area contributed by atoms with Gasteiger partial charge in [-0.2, -0.15) is 4.98 Å². The van der Waals surface area contributed by atoms with Gasteiger partial charge in [0.15, 0.2) is 17.3 Å². The number of likely N-dealkylation sites (N-methyl/N-ethyl adjacent to an activating group) is 1. The van der Waals surface area contributed by atoms with Crippen LogP contribution in [0.15, 0.2) is 18.2 Å². The number of methoxy groups -OCH3 is 2. The van der Waals surface area contributed by atoms with Gasteiger partial charge in [0, 0.05) is 25.4 Å². The Morgan fingerprint density at radius 3 is 2.65 bits per heavy atom. The van der Waals surface area contributed by atoms with Gasteiger partial charge >= 0.3 is 0 Å². The number of nitrogens with one attached hydrogen (secondary N) is 1. The van der Waals surface area contributed by atoms with E-state index in [-0.39, 0.29) is 25.0 Å². The molecule has 3 heterocycles. The maximum absolute atomic E-state index is 13.4. The molecule has 4 rings (SSSR count). The van der Waals surface area contributed by atoms with E-state index < -0.39 is 0 Å². The molecule has 2 amide bonds. The van der Waals surface area contributed by atoms with Gasteiger partial charge in [0.05, 0.1) is 17.4 Å². The zero-order valence-electron chi connectivity index (χ0n) is 19.5. The first-order valence-electron chi connectivity index (χ1n) is 10.8. The molecule has 2 aromatic heterocycles. The largest absolute Gasteiger partial charge is 0.486 e. The van der Waals surface area contributed by atoms with Crippen LogP contribution in [0.3, 0.4) is 0 Å². The quantitative estimate of drug-likeness (QED) is 0.517. The molecule has 1 aromatic carbocycles. The predicted octanol–water partition coefficient (Wildman–Crippen LogP) is 3.03. The van der Waals surface area contributed by atoms with E-state index in [0.717, 1.165) is 5.56 Å². The number of thiophene rings is 1. The normalized spacial score (nSPS) is 12.5. The lowest BCUT2D eigenvalue weighted by Crippen LogP contribution is -2.37. The summed E-state index contributed by atoms with van der Waals surface area (Å²) in [5, 5.41) is 3.51. The molecule has 10 nitrogen and oxygen atoms in total. The van der Waals surface area contributed by atoms with Crippen LogP contribution in [0.5, 0.6) is 17.4 Å². The summed E-state index contributed by atoms with van der Waals surface area (Å²) in [6, 6.07) is 5.20. The zero-order chi connectivity index (χ0) is 24.2. The second-order valence-corrected chi connectivity index (χ2v) is 8.54. The first-order chi connectivity index (χ1) is 16.4. The lowest BCUT2D eigenvalue weighted by molar-refractivity contribution is -0.116. The maximum atomic E-state index is 13.4. The molecule has 34 heavy (non-hydrogen) atoms. The van der Waals surface area contributed by atoms with Gasteiger partial charge in [-0.3, -0.25) is 9.59 Å². The van der Waals surface area contributed by atoms with Crippen molar-refractivity contribution >= 4 is 39.1 Å². The minimum absolute atomic E-state index is 0.102. The molecule has 1 aliphatic rings. The van der Waals surface area contributed by atoms with Crippen molar-refractivity contribution in [3.05, 3.63) is 34.5 Å². The molecule has 0 fully saturated rings. The standard InChI is InChI=1S/C23H26N4O6S/c1-5-27(11-18(28)24-14-6-7-15-16(10-14)33-9-8-32-15)23(29)20-13(2)19-21(31-4)25-17(12-30-3)26-22(19)34-20/h6-7,10H,5,8-9,11-12H2,1-4H3,(H,24,28). The predicted molar refractivity (Wildman–Crippen MR) is 127 cm³/mol. The fourth-order valence-corrected chi connectivity index (χ4v) is 4.81. The molecule has 0 saturated heterocycles. The summed E-state index contributed by atoms with van der Waals surface area (Å²) in [4.78, 5) is 37.6. The first-order valence-corrected chi connectivity index (χ1v) is 11.6. The van der Waals surface area contributed by atoms with Crippen molar-refractivity contribution < 1.29 is 28.5 Å². The smallest absolute Gasteiger partial charge is 0.264 e. The second-order valence-electron chi connectivity index (χ2n) is 7.54. The minimum atomic E-state index is -0.314. The zero-order valence-corrected chi connectivity index (χ0v) is 20.3. The molecule has 180 valence electrons. The number of hydrogen-bond donors (Lipinski definition) is 1. The number of ether oxygens (including phenoxy) is 4. The van der Waals surface area contributed by atoms with Crippen LogP contribution < -0.4 is 19.5 Å². The molecule has 0 spiro atoms. The molecule has 1 aliphatic heterocycles. The van der Waals surface area contributed by atoms with Crippen molar-refractivity contribution in [3.8, 4) is 17.4 Å². The van der Waals surface area contributed by atoms with Crippen LogP contribution in [0.25, 0.3) is 10.2 Å². The molecule has 0 radical (unpaired) electrons. The van der Waals surface area contributed by atoms with Crippen molar-refractivity contribution in [2.45, 2.75) is 20.5 Å². The van der Waals surface area contributed by atoms with Crippen LogP contribution in [-0.2, 0) is 16.1 Å². The summed E-state index contributed by atoms with van der Waals surface area (Å²) in [6.07, 6.45) is 0. The van der Waals surface area contributed by atoms with Gasteiger partial charge in [0.2, 0.25) is 11.8 Å². The fourth-order valence-electron chi connectivity index (χ4n) is 3.66. The molecular weight excluding hydrogens is 460 g/mol. The number of benzene rings is 1. The van der Waals surface area contributed by atoms with E-state index in [4.69, 9.17) is 18.9 Å². The van der Waals surface area contributed by atoms with E-state index in [1.54, 1.807) is 25.3 Å². The lowest BCUT2D eigenvalue weighted by Gasteiger charge is -2.21. The highest BCUT2D eigenvalue weighted by molar-refractivity contribution is 7.20. The van der Waals surface area contributed by atoms with Crippen molar-refractivity contribution in [3.63, 3.8) is 0 Å². The second kappa shape index (κ2) is 10.2. The van der Waals surface area contributed by atoms with Gasteiger partial charge in [-0.15, -0.1) is 11.3 Å². The number of hydrogen-bond acceptors (Lipinski definition) is 9. The Bertz CT molecular complexity index is 1230. The van der Waals surface area contributed by atoms with Gasteiger partial charge < -0.3 is 29.2 Å². The van der Waals surface area contributed by atoms with Crippen molar-refractivity contribution in [2.75, 3.05) is 45.8 Å².